The van der Waals surface area contributed by atoms with E-state index in [1.54, 1.807) is 12.3 Å². The zero-order valence-electron chi connectivity index (χ0n) is 27.2. The lowest BCUT2D eigenvalue weighted by Crippen LogP contribution is -2.58. The van der Waals surface area contributed by atoms with Crippen LogP contribution in [0.5, 0.6) is 0 Å². The maximum absolute atomic E-state index is 13.5. The summed E-state index contributed by atoms with van der Waals surface area (Å²) < 4.78 is 0. The zero-order valence-corrected chi connectivity index (χ0v) is 27.2. The SMILES string of the molecule is CC(=O)N[C@@H](CCCO/N=C/c1cnccc1N)C(=O)N[C@@H](CCCCN)C(=O)N[C@@H](CC(C)C)C(=O)N[C@@H](CCC(=O)O)C(N)=O. The molecule has 1 rings (SSSR count). The van der Waals surface area contributed by atoms with Crippen LogP contribution >= 0.6 is 0 Å². The van der Waals surface area contributed by atoms with E-state index in [9.17, 15) is 28.8 Å². The molecule has 0 aliphatic rings. The number of aliphatic carboxylic acids is 1. The first-order valence-corrected chi connectivity index (χ1v) is 15.5. The van der Waals surface area contributed by atoms with Gasteiger partial charge in [-0.3, -0.25) is 33.8 Å². The third kappa shape index (κ3) is 16.9. The van der Waals surface area contributed by atoms with E-state index in [0.29, 0.717) is 37.1 Å². The highest BCUT2D eigenvalue weighted by Gasteiger charge is 2.31. The molecule has 17 heteroatoms. The van der Waals surface area contributed by atoms with Crippen molar-refractivity contribution in [1.82, 2.24) is 26.3 Å². The minimum atomic E-state index is -1.26. The minimum absolute atomic E-state index is 0.0696. The summed E-state index contributed by atoms with van der Waals surface area (Å²) in [6.45, 7) is 5.38. The van der Waals surface area contributed by atoms with Gasteiger partial charge in [-0.25, -0.2) is 0 Å². The van der Waals surface area contributed by atoms with E-state index in [2.05, 4.69) is 31.4 Å². The van der Waals surface area contributed by atoms with Gasteiger partial charge in [0.05, 0.1) is 6.21 Å². The number of aromatic nitrogens is 1. The van der Waals surface area contributed by atoms with E-state index in [1.807, 2.05) is 13.8 Å². The number of hydrogen-bond acceptors (Lipinski definition) is 11. The summed E-state index contributed by atoms with van der Waals surface area (Å²) in [4.78, 5) is 83.8. The Kier molecular flexibility index (Phi) is 18.7. The van der Waals surface area contributed by atoms with Gasteiger partial charge in [-0.1, -0.05) is 19.0 Å². The van der Waals surface area contributed by atoms with Crippen molar-refractivity contribution in [1.29, 1.82) is 0 Å². The number of nitrogens with one attached hydrogen (secondary N) is 4. The number of carbonyl (C=O) groups is 6. The summed E-state index contributed by atoms with van der Waals surface area (Å²) in [7, 11) is 0. The highest BCUT2D eigenvalue weighted by Crippen LogP contribution is 2.10. The van der Waals surface area contributed by atoms with Crippen molar-refractivity contribution in [2.24, 2.45) is 22.5 Å². The van der Waals surface area contributed by atoms with Gasteiger partial charge in [-0.15, -0.1) is 0 Å². The number of nitrogens with two attached hydrogens (primary N) is 3. The van der Waals surface area contributed by atoms with Gasteiger partial charge in [-0.2, -0.15) is 0 Å². The molecule has 0 spiro atoms. The lowest BCUT2D eigenvalue weighted by atomic mass is 10.0. The molecule has 4 atom stereocenters. The number of amides is 5. The van der Waals surface area contributed by atoms with Crippen LogP contribution in [0.1, 0.15) is 77.7 Å². The molecule has 0 bridgehead atoms. The summed E-state index contributed by atoms with van der Waals surface area (Å²) in [5.41, 5.74) is 17.8. The molecule has 47 heavy (non-hydrogen) atoms. The Bertz CT molecular complexity index is 1230. The topological polar surface area (TPSA) is 283 Å². The first-order chi connectivity index (χ1) is 22.2. The number of anilines is 1. The monoisotopic (exact) mass is 663 g/mol. The highest BCUT2D eigenvalue weighted by atomic mass is 16.6. The molecule has 0 unspecified atom stereocenters. The molecule has 0 saturated carbocycles. The largest absolute Gasteiger partial charge is 0.481 e. The number of nitrogens with zero attached hydrogens (tertiary/aromatic N) is 2. The van der Waals surface area contributed by atoms with Crippen LogP contribution in [-0.4, -0.2) is 89.1 Å². The number of pyridine rings is 1. The highest BCUT2D eigenvalue weighted by molar-refractivity contribution is 5.95. The van der Waals surface area contributed by atoms with Gasteiger partial charge in [0.2, 0.25) is 29.5 Å². The van der Waals surface area contributed by atoms with Crippen LogP contribution in [0.15, 0.2) is 23.6 Å². The molecule has 0 aliphatic carbocycles. The molecule has 17 nitrogen and oxygen atoms in total. The maximum Gasteiger partial charge on any atom is 0.303 e. The summed E-state index contributed by atoms with van der Waals surface area (Å²) in [5, 5.41) is 23.1. The van der Waals surface area contributed by atoms with E-state index in [-0.39, 0.29) is 38.2 Å². The summed E-state index contributed by atoms with van der Waals surface area (Å²) in [6.07, 6.45) is 5.74. The second-order valence-corrected chi connectivity index (χ2v) is 11.4. The average Bonchev–Trinajstić information content (AvgIpc) is 2.99. The van der Waals surface area contributed by atoms with Gasteiger partial charge in [0.15, 0.2) is 0 Å². The first kappa shape index (κ1) is 40.2. The van der Waals surface area contributed by atoms with Gasteiger partial charge in [0, 0.05) is 37.0 Å². The van der Waals surface area contributed by atoms with Crippen molar-refractivity contribution in [3.63, 3.8) is 0 Å². The van der Waals surface area contributed by atoms with Crippen LogP contribution in [0.4, 0.5) is 5.69 Å². The summed E-state index contributed by atoms with van der Waals surface area (Å²) >= 11 is 0. The Morgan fingerprint density at radius 2 is 1.51 bits per heavy atom. The Hall–Kier alpha value is -4.80. The van der Waals surface area contributed by atoms with E-state index < -0.39 is 66.1 Å². The fourth-order valence-corrected chi connectivity index (χ4v) is 4.37. The molecule has 11 N–H and O–H groups in total. The van der Waals surface area contributed by atoms with Crippen LogP contribution < -0.4 is 38.5 Å². The molecule has 5 amide bonds. The molecular formula is C30H49N9O8. The van der Waals surface area contributed by atoms with Crippen molar-refractivity contribution in [2.45, 2.75) is 96.3 Å². The quantitative estimate of drug-likeness (QED) is 0.0411. The number of hydrogen-bond donors (Lipinski definition) is 8. The van der Waals surface area contributed by atoms with Gasteiger partial charge in [0.1, 0.15) is 30.8 Å². The van der Waals surface area contributed by atoms with Gasteiger partial charge < -0.3 is 48.4 Å². The first-order valence-electron chi connectivity index (χ1n) is 15.5. The van der Waals surface area contributed by atoms with Crippen molar-refractivity contribution >= 4 is 47.4 Å². The van der Waals surface area contributed by atoms with Gasteiger partial charge in [-0.05, 0) is 63.5 Å². The molecule has 262 valence electrons. The number of carbonyl (C=O) groups excluding carboxylic acids is 5. The number of rotatable bonds is 23. The normalized spacial score (nSPS) is 13.6. The number of oxime groups is 1. The summed E-state index contributed by atoms with van der Waals surface area (Å²) in [6, 6.07) is -2.84. The summed E-state index contributed by atoms with van der Waals surface area (Å²) in [5.74, 6) is -4.61. The molecule has 0 fully saturated rings. The molecule has 0 aliphatic heterocycles. The van der Waals surface area contributed by atoms with Crippen LogP contribution in [0.2, 0.25) is 0 Å². The minimum Gasteiger partial charge on any atom is -0.481 e. The van der Waals surface area contributed by atoms with Gasteiger partial charge in [0.25, 0.3) is 0 Å². The molecule has 1 aromatic rings. The lowest BCUT2D eigenvalue weighted by Gasteiger charge is -2.27. The Morgan fingerprint density at radius 1 is 0.915 bits per heavy atom. The Balaban J connectivity index is 2.97. The fraction of sp³-hybridized carbons (Fsp3) is 0.600. The van der Waals surface area contributed by atoms with Crippen LogP contribution in [0.25, 0.3) is 0 Å². The molecule has 1 aromatic heterocycles. The van der Waals surface area contributed by atoms with Gasteiger partial charge >= 0.3 is 5.97 Å². The lowest BCUT2D eigenvalue weighted by molar-refractivity contribution is -0.138. The Morgan fingerprint density at radius 3 is 2.09 bits per heavy atom. The van der Waals surface area contributed by atoms with Crippen molar-refractivity contribution < 1.29 is 38.7 Å². The van der Waals surface area contributed by atoms with E-state index >= 15 is 0 Å². The molecular weight excluding hydrogens is 614 g/mol. The van der Waals surface area contributed by atoms with Crippen LogP contribution in [-0.2, 0) is 33.6 Å². The number of nitrogen functional groups attached to an aromatic ring is 1. The number of carboxylic acid groups (broad SMARTS) is 1. The van der Waals surface area contributed by atoms with E-state index in [0.717, 1.165) is 0 Å². The number of unbranched alkanes of at least 4 members (excludes halogenated alkanes) is 1. The fourth-order valence-electron chi connectivity index (χ4n) is 4.37. The third-order valence-electron chi connectivity index (χ3n) is 6.80. The average molecular weight is 664 g/mol. The molecule has 0 radical (unpaired) electrons. The maximum atomic E-state index is 13.5. The Labute approximate surface area is 274 Å². The van der Waals surface area contributed by atoms with E-state index in [4.69, 9.17) is 27.1 Å². The second-order valence-electron chi connectivity index (χ2n) is 11.4. The third-order valence-corrected chi connectivity index (χ3v) is 6.80. The van der Waals surface area contributed by atoms with Crippen LogP contribution in [0.3, 0.4) is 0 Å². The zero-order chi connectivity index (χ0) is 35.4. The van der Waals surface area contributed by atoms with Crippen molar-refractivity contribution in [3.8, 4) is 0 Å². The van der Waals surface area contributed by atoms with Crippen LogP contribution in [0, 0.1) is 5.92 Å². The molecule has 1 heterocycles. The second kappa shape index (κ2) is 21.9. The number of primary amides is 1. The number of carboxylic acids is 1. The van der Waals surface area contributed by atoms with Crippen molar-refractivity contribution in [2.75, 3.05) is 18.9 Å². The predicted octanol–water partition coefficient (Wildman–Crippen LogP) is -0.721. The molecule has 0 saturated heterocycles. The van der Waals surface area contributed by atoms with Crippen molar-refractivity contribution in [3.05, 3.63) is 24.0 Å². The standard InChI is InChI=1S/C30H49N9O8/c1-18(2)15-25(30(46)37-22(27(33)43)9-10-26(41)42)39-29(45)24(7-4-5-12-31)38-28(44)23(36-19(3)40)8-6-14-47-35-17-20-16-34-13-11-21(20)32/h11,13,16-18,22-25H,4-10,12,14-15,31H2,1-3H3,(H2,32,34)(H2,33,43)(H,36,40)(H,37,46)(H,38,44)(H,39,45)(H,41,42)/b35-17+/t22-,23-,24-,25-/m0/s1. The predicted molar refractivity (Wildman–Crippen MR) is 173 cm³/mol. The van der Waals surface area contributed by atoms with E-state index in [1.165, 1.54) is 19.3 Å². The molecule has 0 aromatic carbocycles. The smallest absolute Gasteiger partial charge is 0.303 e.